The molecule has 0 unspecified atom stereocenters. The van der Waals surface area contributed by atoms with Gasteiger partial charge in [0, 0.05) is 5.69 Å². The molecule has 0 aliphatic heterocycles. The van der Waals surface area contributed by atoms with Crippen LogP contribution in [0.3, 0.4) is 0 Å². The third kappa shape index (κ3) is 5.56. The molecular formula is C19H11F9N4O. The number of hydrogen-bond donors (Lipinski definition) is 2. The monoisotopic (exact) mass is 482 g/mol. The topological polar surface area (TPSA) is 59.0 Å². The molecule has 2 amide bonds. The van der Waals surface area contributed by atoms with Crippen LogP contribution in [0.15, 0.2) is 54.7 Å². The van der Waals surface area contributed by atoms with Crippen molar-refractivity contribution < 1.29 is 44.3 Å². The highest BCUT2D eigenvalue weighted by Crippen LogP contribution is 2.38. The van der Waals surface area contributed by atoms with Crippen molar-refractivity contribution in [1.29, 1.82) is 0 Å². The summed E-state index contributed by atoms with van der Waals surface area (Å²) in [6, 6.07) is 5.76. The van der Waals surface area contributed by atoms with E-state index in [1.165, 1.54) is 30.3 Å². The van der Waals surface area contributed by atoms with Crippen LogP contribution < -0.4 is 10.6 Å². The summed E-state index contributed by atoms with van der Waals surface area (Å²) in [7, 11) is 0. The van der Waals surface area contributed by atoms with Gasteiger partial charge in [0.1, 0.15) is 0 Å². The molecule has 5 nitrogen and oxygen atoms in total. The number of carbonyl (C=O) groups is 1. The first kappa shape index (κ1) is 23.9. The molecule has 1 aromatic heterocycles. The van der Waals surface area contributed by atoms with Crippen LogP contribution in [0.1, 0.15) is 16.8 Å². The third-order valence-corrected chi connectivity index (χ3v) is 4.13. The Labute approximate surface area is 178 Å². The molecule has 0 aliphatic carbocycles. The molecule has 0 saturated carbocycles. The van der Waals surface area contributed by atoms with Crippen LogP contribution in [0.5, 0.6) is 0 Å². The van der Waals surface area contributed by atoms with Crippen LogP contribution in [0.2, 0.25) is 0 Å². The number of halogens is 9. The molecule has 2 aromatic carbocycles. The predicted octanol–water partition coefficient (Wildman–Crippen LogP) is 6.57. The number of urea groups is 1. The largest absolute Gasteiger partial charge is 0.435 e. The standard InChI is InChI=1S/C19H11F9N4O/c20-17(21,22)10-6-11(18(23,24)25)8-12(7-10)30-16(33)31-14-9-29-32(15(14)19(26,27)28)13-4-2-1-3-5-13/h1-9H,(H2,30,31,33). The summed E-state index contributed by atoms with van der Waals surface area (Å²) in [5.74, 6) is 0. The maximum absolute atomic E-state index is 13.6. The van der Waals surface area contributed by atoms with Crippen LogP contribution >= 0.6 is 0 Å². The van der Waals surface area contributed by atoms with Gasteiger partial charge in [-0.3, -0.25) is 0 Å². The van der Waals surface area contributed by atoms with Crippen molar-refractivity contribution in [3.8, 4) is 5.69 Å². The van der Waals surface area contributed by atoms with E-state index in [0.29, 0.717) is 10.9 Å². The van der Waals surface area contributed by atoms with E-state index in [1.54, 1.807) is 10.6 Å². The van der Waals surface area contributed by atoms with Gasteiger partial charge in [0.05, 0.1) is 28.7 Å². The second kappa shape index (κ2) is 8.33. The first-order valence-electron chi connectivity index (χ1n) is 8.74. The molecule has 14 heteroatoms. The fraction of sp³-hybridized carbons (Fsp3) is 0.158. The van der Waals surface area contributed by atoms with Crippen LogP contribution in [-0.2, 0) is 18.5 Å². The van der Waals surface area contributed by atoms with Gasteiger partial charge in [-0.15, -0.1) is 0 Å². The molecule has 3 aromatic rings. The van der Waals surface area contributed by atoms with Gasteiger partial charge in [0.2, 0.25) is 0 Å². The maximum Gasteiger partial charge on any atom is 0.435 e. The van der Waals surface area contributed by atoms with Crippen LogP contribution in [0.25, 0.3) is 5.69 Å². The Morgan fingerprint density at radius 1 is 0.758 bits per heavy atom. The average molecular weight is 482 g/mol. The van der Waals surface area contributed by atoms with Gasteiger partial charge in [-0.05, 0) is 30.3 Å². The van der Waals surface area contributed by atoms with Gasteiger partial charge in [-0.2, -0.15) is 44.6 Å². The molecule has 1 heterocycles. The lowest BCUT2D eigenvalue weighted by molar-refractivity contribution is -0.143. The van der Waals surface area contributed by atoms with E-state index in [1.807, 2.05) is 0 Å². The number of nitrogens with one attached hydrogen (secondary N) is 2. The molecule has 0 bridgehead atoms. The van der Waals surface area contributed by atoms with E-state index in [4.69, 9.17) is 0 Å². The maximum atomic E-state index is 13.6. The zero-order valence-electron chi connectivity index (χ0n) is 15.9. The average Bonchev–Trinajstić information content (AvgIpc) is 3.11. The van der Waals surface area contributed by atoms with Crippen molar-refractivity contribution in [3.63, 3.8) is 0 Å². The number of hydrogen-bond acceptors (Lipinski definition) is 2. The van der Waals surface area contributed by atoms with Crippen LogP contribution in [-0.4, -0.2) is 15.8 Å². The van der Waals surface area contributed by atoms with Crippen molar-refractivity contribution in [3.05, 3.63) is 71.5 Å². The number of para-hydroxylation sites is 1. The number of benzene rings is 2. The number of nitrogens with zero attached hydrogens (tertiary/aromatic N) is 2. The Morgan fingerprint density at radius 3 is 1.79 bits per heavy atom. The quantitative estimate of drug-likeness (QED) is 0.415. The Balaban J connectivity index is 1.93. The minimum atomic E-state index is -5.17. The molecular weight excluding hydrogens is 471 g/mol. The number of rotatable bonds is 3. The van der Waals surface area contributed by atoms with Crippen LogP contribution in [0, 0.1) is 0 Å². The third-order valence-electron chi connectivity index (χ3n) is 4.13. The highest BCUT2D eigenvalue weighted by Gasteiger charge is 2.40. The molecule has 0 atom stereocenters. The number of anilines is 2. The Kier molecular flexibility index (Phi) is 6.04. The summed E-state index contributed by atoms with van der Waals surface area (Å²) in [6.07, 6.45) is -14.7. The summed E-state index contributed by atoms with van der Waals surface area (Å²) in [5, 5.41) is 7.01. The van der Waals surface area contributed by atoms with E-state index in [9.17, 15) is 44.3 Å². The zero-order valence-corrected chi connectivity index (χ0v) is 15.9. The second-order valence-corrected chi connectivity index (χ2v) is 6.53. The first-order valence-corrected chi connectivity index (χ1v) is 8.74. The van der Waals surface area contributed by atoms with E-state index in [0.717, 1.165) is 0 Å². The minimum absolute atomic E-state index is 0.00835. The van der Waals surface area contributed by atoms with Gasteiger partial charge in [-0.1, -0.05) is 18.2 Å². The number of aromatic nitrogens is 2. The normalized spacial score (nSPS) is 12.5. The fourth-order valence-corrected chi connectivity index (χ4v) is 2.79. The van der Waals surface area contributed by atoms with Crippen LogP contribution in [0.4, 0.5) is 55.7 Å². The lowest BCUT2D eigenvalue weighted by Crippen LogP contribution is -2.23. The molecule has 0 aliphatic rings. The van der Waals surface area contributed by atoms with Gasteiger partial charge in [0.15, 0.2) is 5.69 Å². The fourth-order valence-electron chi connectivity index (χ4n) is 2.79. The lowest BCUT2D eigenvalue weighted by atomic mass is 10.1. The molecule has 0 spiro atoms. The van der Waals surface area contributed by atoms with Gasteiger partial charge < -0.3 is 10.6 Å². The lowest BCUT2D eigenvalue weighted by Gasteiger charge is -2.16. The molecule has 2 N–H and O–H groups in total. The van der Waals surface area contributed by atoms with Crippen molar-refractivity contribution in [2.24, 2.45) is 0 Å². The summed E-state index contributed by atoms with van der Waals surface area (Å²) >= 11 is 0. The highest BCUT2D eigenvalue weighted by atomic mass is 19.4. The Morgan fingerprint density at radius 2 is 1.30 bits per heavy atom. The second-order valence-electron chi connectivity index (χ2n) is 6.53. The number of alkyl halides is 9. The molecule has 176 valence electrons. The Hall–Kier alpha value is -3.71. The van der Waals surface area contributed by atoms with Crippen molar-refractivity contribution >= 4 is 17.4 Å². The summed E-state index contributed by atoms with van der Waals surface area (Å²) in [6.45, 7) is 0. The predicted molar refractivity (Wildman–Crippen MR) is 97.7 cm³/mol. The van der Waals surface area contributed by atoms with E-state index >= 15 is 0 Å². The van der Waals surface area contributed by atoms with E-state index in [-0.39, 0.29) is 23.9 Å². The molecule has 0 saturated heterocycles. The SMILES string of the molecule is O=C(Nc1cc(C(F)(F)F)cc(C(F)(F)F)c1)Nc1cnn(-c2ccccc2)c1C(F)(F)F. The minimum Gasteiger partial charge on any atom is -0.308 e. The number of amides is 2. The summed E-state index contributed by atoms with van der Waals surface area (Å²) in [5.41, 5.74) is -6.64. The summed E-state index contributed by atoms with van der Waals surface area (Å²) in [4.78, 5) is 12.1. The van der Waals surface area contributed by atoms with E-state index < -0.39 is 52.8 Å². The first-order chi connectivity index (χ1) is 15.2. The van der Waals surface area contributed by atoms with Crippen molar-refractivity contribution in [2.75, 3.05) is 10.6 Å². The van der Waals surface area contributed by atoms with Crippen molar-refractivity contribution in [2.45, 2.75) is 18.5 Å². The zero-order chi connectivity index (χ0) is 24.6. The van der Waals surface area contributed by atoms with Crippen molar-refractivity contribution in [1.82, 2.24) is 9.78 Å². The van der Waals surface area contributed by atoms with E-state index in [2.05, 4.69) is 5.10 Å². The Bertz CT molecular complexity index is 1120. The smallest absolute Gasteiger partial charge is 0.308 e. The molecule has 0 radical (unpaired) electrons. The highest BCUT2D eigenvalue weighted by molar-refractivity contribution is 6.00. The summed E-state index contributed by atoms with van der Waals surface area (Å²) < 4.78 is 119. The molecule has 3 rings (SSSR count). The number of carbonyl (C=O) groups excluding carboxylic acids is 1. The van der Waals surface area contributed by atoms with Gasteiger partial charge in [-0.25, -0.2) is 9.48 Å². The molecule has 33 heavy (non-hydrogen) atoms. The van der Waals surface area contributed by atoms with Gasteiger partial charge in [0.25, 0.3) is 0 Å². The molecule has 0 fully saturated rings. The van der Waals surface area contributed by atoms with Gasteiger partial charge >= 0.3 is 24.6 Å².